The molecule has 1 aliphatic carbocycles. The van der Waals surface area contributed by atoms with Gasteiger partial charge in [-0.05, 0) is 43.4 Å². The summed E-state index contributed by atoms with van der Waals surface area (Å²) < 4.78 is 5.67. The number of ether oxygens (including phenoxy) is 1. The molecule has 0 amide bonds. The topological polar surface area (TPSA) is 9.23 Å². The molecule has 0 saturated carbocycles. The Balaban J connectivity index is 1.92. The minimum absolute atomic E-state index is 0.619. The molecule has 0 heterocycles. The zero-order valence-corrected chi connectivity index (χ0v) is 10.7. The standard InChI is InChI=1S/C16H22O/c1-2-3-13-17-16-11-9-15(10-12-16)14-7-5-4-6-8-14/h5,7,9-12,14H,2-4,6,8,13H2,1H3/t14-/m1/s1. The van der Waals surface area contributed by atoms with E-state index >= 15 is 0 Å². The fraction of sp³-hybridized carbons (Fsp3) is 0.500. The molecule has 0 bridgehead atoms. The Bertz CT molecular complexity index is 350. The van der Waals surface area contributed by atoms with Crippen molar-refractivity contribution in [3.8, 4) is 5.75 Å². The van der Waals surface area contributed by atoms with Crippen LogP contribution in [-0.2, 0) is 0 Å². The van der Waals surface area contributed by atoms with E-state index < -0.39 is 0 Å². The van der Waals surface area contributed by atoms with E-state index in [0.29, 0.717) is 5.92 Å². The molecule has 0 unspecified atom stereocenters. The van der Waals surface area contributed by atoms with Crippen LogP contribution in [0.2, 0.25) is 0 Å². The van der Waals surface area contributed by atoms with Gasteiger partial charge in [-0.2, -0.15) is 0 Å². The number of hydrogen-bond donors (Lipinski definition) is 0. The summed E-state index contributed by atoms with van der Waals surface area (Å²) in [5, 5.41) is 0. The van der Waals surface area contributed by atoms with Crippen LogP contribution in [0, 0.1) is 0 Å². The molecule has 0 aromatic heterocycles. The maximum atomic E-state index is 5.67. The third-order valence-electron chi connectivity index (χ3n) is 3.33. The number of rotatable bonds is 5. The molecule has 1 atom stereocenters. The quantitative estimate of drug-likeness (QED) is 0.526. The maximum Gasteiger partial charge on any atom is 0.119 e. The van der Waals surface area contributed by atoms with Gasteiger partial charge in [0.05, 0.1) is 6.61 Å². The van der Waals surface area contributed by atoms with Crippen LogP contribution < -0.4 is 4.74 Å². The maximum absolute atomic E-state index is 5.67. The molecule has 17 heavy (non-hydrogen) atoms. The fourth-order valence-corrected chi connectivity index (χ4v) is 2.24. The third-order valence-corrected chi connectivity index (χ3v) is 3.33. The Labute approximate surface area is 104 Å². The van der Waals surface area contributed by atoms with E-state index in [2.05, 4.69) is 43.3 Å². The Hall–Kier alpha value is -1.24. The lowest BCUT2D eigenvalue weighted by atomic mass is 9.89. The predicted octanol–water partition coefficient (Wildman–Crippen LogP) is 4.69. The van der Waals surface area contributed by atoms with Crippen molar-refractivity contribution in [2.45, 2.75) is 44.9 Å². The number of allylic oxidation sites excluding steroid dienone is 2. The third kappa shape index (κ3) is 3.62. The van der Waals surface area contributed by atoms with E-state index in [1.54, 1.807) is 0 Å². The van der Waals surface area contributed by atoms with Gasteiger partial charge in [-0.15, -0.1) is 0 Å². The van der Waals surface area contributed by atoms with Gasteiger partial charge < -0.3 is 4.74 Å². The van der Waals surface area contributed by atoms with Crippen molar-refractivity contribution in [2.24, 2.45) is 0 Å². The van der Waals surface area contributed by atoms with Gasteiger partial charge in [0.25, 0.3) is 0 Å². The van der Waals surface area contributed by atoms with Crippen LogP contribution in [-0.4, -0.2) is 6.61 Å². The Morgan fingerprint density at radius 3 is 2.71 bits per heavy atom. The van der Waals surface area contributed by atoms with Gasteiger partial charge in [0.1, 0.15) is 5.75 Å². The first-order chi connectivity index (χ1) is 8.40. The highest BCUT2D eigenvalue weighted by atomic mass is 16.5. The smallest absolute Gasteiger partial charge is 0.119 e. The average Bonchev–Trinajstić information content (AvgIpc) is 2.41. The summed E-state index contributed by atoms with van der Waals surface area (Å²) in [5.74, 6) is 1.62. The second-order valence-corrected chi connectivity index (χ2v) is 4.74. The molecular formula is C16H22O. The molecule has 0 aliphatic heterocycles. The minimum Gasteiger partial charge on any atom is -0.494 e. The molecule has 1 nitrogen and oxygen atoms in total. The second kappa shape index (κ2) is 6.48. The summed E-state index contributed by atoms with van der Waals surface area (Å²) in [6, 6.07) is 8.63. The first kappa shape index (κ1) is 12.2. The molecule has 1 aromatic rings. The molecule has 2 rings (SSSR count). The van der Waals surface area contributed by atoms with Gasteiger partial charge in [-0.3, -0.25) is 0 Å². The molecule has 0 fully saturated rings. The number of hydrogen-bond acceptors (Lipinski definition) is 1. The lowest BCUT2D eigenvalue weighted by Crippen LogP contribution is -2.00. The second-order valence-electron chi connectivity index (χ2n) is 4.74. The molecule has 0 radical (unpaired) electrons. The van der Waals surface area contributed by atoms with Crippen LogP contribution in [0.1, 0.15) is 50.5 Å². The molecule has 1 aromatic carbocycles. The molecule has 0 spiro atoms. The van der Waals surface area contributed by atoms with Gasteiger partial charge in [0, 0.05) is 5.92 Å². The largest absolute Gasteiger partial charge is 0.494 e. The van der Waals surface area contributed by atoms with E-state index in [1.165, 1.54) is 31.2 Å². The summed E-state index contributed by atoms with van der Waals surface area (Å²) >= 11 is 0. The molecule has 0 saturated heterocycles. The molecule has 0 N–H and O–H groups in total. The highest BCUT2D eigenvalue weighted by molar-refractivity contribution is 5.31. The number of benzene rings is 1. The fourth-order valence-electron chi connectivity index (χ4n) is 2.24. The first-order valence-corrected chi connectivity index (χ1v) is 6.79. The van der Waals surface area contributed by atoms with Gasteiger partial charge in [-0.1, -0.05) is 37.6 Å². The van der Waals surface area contributed by atoms with Gasteiger partial charge in [-0.25, -0.2) is 0 Å². The van der Waals surface area contributed by atoms with Gasteiger partial charge >= 0.3 is 0 Å². The lowest BCUT2D eigenvalue weighted by molar-refractivity contribution is 0.309. The van der Waals surface area contributed by atoms with E-state index in [0.717, 1.165) is 18.8 Å². The predicted molar refractivity (Wildman–Crippen MR) is 72.6 cm³/mol. The summed E-state index contributed by atoms with van der Waals surface area (Å²) in [7, 11) is 0. The van der Waals surface area contributed by atoms with Gasteiger partial charge in [0.15, 0.2) is 0 Å². The van der Waals surface area contributed by atoms with E-state index in [1.807, 2.05) is 0 Å². The Morgan fingerprint density at radius 1 is 1.24 bits per heavy atom. The van der Waals surface area contributed by atoms with E-state index in [9.17, 15) is 0 Å². The SMILES string of the molecule is CCCCOc1ccc([C@@H]2C=CCCC2)cc1. The van der Waals surface area contributed by atoms with Crippen LogP contribution in [0.25, 0.3) is 0 Å². The van der Waals surface area contributed by atoms with E-state index in [-0.39, 0.29) is 0 Å². The minimum atomic E-state index is 0.619. The van der Waals surface area contributed by atoms with Crippen molar-refractivity contribution in [3.05, 3.63) is 42.0 Å². The highest BCUT2D eigenvalue weighted by Gasteiger charge is 2.10. The zero-order chi connectivity index (χ0) is 11.9. The summed E-state index contributed by atoms with van der Waals surface area (Å²) in [6.45, 7) is 3.01. The van der Waals surface area contributed by atoms with Gasteiger partial charge in [0.2, 0.25) is 0 Å². The lowest BCUT2D eigenvalue weighted by Gasteiger charge is -2.17. The van der Waals surface area contributed by atoms with Crippen LogP contribution in [0.15, 0.2) is 36.4 Å². The summed E-state index contributed by atoms with van der Waals surface area (Å²) in [4.78, 5) is 0. The van der Waals surface area contributed by atoms with Crippen molar-refractivity contribution in [1.29, 1.82) is 0 Å². The number of unbranched alkanes of at least 4 members (excludes halogenated alkanes) is 1. The monoisotopic (exact) mass is 230 g/mol. The van der Waals surface area contributed by atoms with Crippen LogP contribution in [0.4, 0.5) is 0 Å². The van der Waals surface area contributed by atoms with Crippen LogP contribution >= 0.6 is 0 Å². The normalized spacial score (nSPS) is 19.2. The van der Waals surface area contributed by atoms with Crippen LogP contribution in [0.5, 0.6) is 5.75 Å². The average molecular weight is 230 g/mol. The van der Waals surface area contributed by atoms with Crippen LogP contribution in [0.3, 0.4) is 0 Å². The zero-order valence-electron chi connectivity index (χ0n) is 10.7. The molecular weight excluding hydrogens is 208 g/mol. The molecule has 1 heteroatoms. The van der Waals surface area contributed by atoms with Crippen molar-refractivity contribution in [1.82, 2.24) is 0 Å². The summed E-state index contributed by atoms with van der Waals surface area (Å²) in [5.41, 5.74) is 1.42. The van der Waals surface area contributed by atoms with E-state index in [4.69, 9.17) is 4.74 Å². The first-order valence-electron chi connectivity index (χ1n) is 6.79. The van der Waals surface area contributed by atoms with Crippen molar-refractivity contribution in [3.63, 3.8) is 0 Å². The molecule has 1 aliphatic rings. The Morgan fingerprint density at radius 2 is 2.06 bits per heavy atom. The Kier molecular flexibility index (Phi) is 4.66. The molecule has 92 valence electrons. The highest BCUT2D eigenvalue weighted by Crippen LogP contribution is 2.28. The van der Waals surface area contributed by atoms with Crippen molar-refractivity contribution in [2.75, 3.05) is 6.61 Å². The summed E-state index contributed by atoms with van der Waals surface area (Å²) in [6.07, 6.45) is 10.8. The van der Waals surface area contributed by atoms with Crippen molar-refractivity contribution >= 4 is 0 Å². The van der Waals surface area contributed by atoms with Crippen molar-refractivity contribution < 1.29 is 4.74 Å².